The molecule has 0 bridgehead atoms. The number of hydrogen-bond donors (Lipinski definition) is 3. The number of hydrazine groups is 1. The molecule has 0 aliphatic carbocycles. The Balaban J connectivity index is 2.50. The van der Waals surface area contributed by atoms with E-state index in [2.05, 4.69) is 5.43 Å². The summed E-state index contributed by atoms with van der Waals surface area (Å²) in [5.74, 6) is 4.76. The molecule has 0 saturated heterocycles. The van der Waals surface area contributed by atoms with Gasteiger partial charge in [-0.2, -0.15) is 5.26 Å². The van der Waals surface area contributed by atoms with Crippen molar-refractivity contribution in [1.82, 2.24) is 5.43 Å². The van der Waals surface area contributed by atoms with E-state index in [1.807, 2.05) is 12.1 Å². The smallest absolute Gasteiger partial charge is 0.151 e. The van der Waals surface area contributed by atoms with E-state index >= 15 is 0 Å². The minimum absolute atomic E-state index is 0.0442. The Kier molecular flexibility index (Phi) is 4.43. The van der Waals surface area contributed by atoms with Gasteiger partial charge in [-0.3, -0.25) is 0 Å². The Bertz CT molecular complexity index is 750. The Morgan fingerprint density at radius 3 is 2.52 bits per heavy atom. The topological polar surface area (TPSA) is 87.9 Å². The zero-order valence-electron chi connectivity index (χ0n) is 10.9. The van der Waals surface area contributed by atoms with Crippen LogP contribution in [0.2, 0.25) is 5.02 Å². The van der Waals surface area contributed by atoms with Gasteiger partial charge in [-0.25, -0.2) is 10.2 Å². The maximum Gasteiger partial charge on any atom is 0.151 e. The lowest BCUT2D eigenvalue weighted by atomic mass is 10.0. The summed E-state index contributed by atoms with van der Waals surface area (Å²) in [7, 11) is 0. The van der Waals surface area contributed by atoms with Crippen molar-refractivity contribution < 1.29 is 4.39 Å². The molecule has 2 aromatic carbocycles. The highest BCUT2D eigenvalue weighted by Gasteiger charge is 2.07. The van der Waals surface area contributed by atoms with Crippen LogP contribution in [0.1, 0.15) is 5.56 Å². The summed E-state index contributed by atoms with van der Waals surface area (Å²) < 4.78 is 13.2. The molecule has 4 nitrogen and oxygen atoms in total. The number of rotatable bonds is 3. The molecule has 2 aromatic rings. The molecule has 0 aliphatic rings. The van der Waals surface area contributed by atoms with Crippen LogP contribution >= 0.6 is 11.6 Å². The van der Waals surface area contributed by atoms with E-state index < -0.39 is 5.82 Å². The molecular weight excluding hydrogens is 291 g/mol. The number of hydrogen-bond acceptors (Lipinski definition) is 4. The van der Waals surface area contributed by atoms with Gasteiger partial charge in [-0.05, 0) is 29.3 Å². The van der Waals surface area contributed by atoms with Gasteiger partial charge in [0.1, 0.15) is 11.9 Å². The van der Waals surface area contributed by atoms with E-state index in [1.54, 1.807) is 24.3 Å². The number of halogens is 2. The van der Waals surface area contributed by atoms with Gasteiger partial charge in [-0.15, -0.1) is 0 Å². The van der Waals surface area contributed by atoms with Crippen LogP contribution < -0.4 is 17.0 Å². The summed E-state index contributed by atoms with van der Waals surface area (Å²) in [5.41, 5.74) is 10.6. The Morgan fingerprint density at radius 1 is 1.19 bits per heavy atom. The number of nitrogens with zero attached hydrogens (tertiary/aromatic N) is 1. The molecule has 2 rings (SSSR count). The first-order valence-corrected chi connectivity index (χ1v) is 6.37. The van der Waals surface area contributed by atoms with Gasteiger partial charge >= 0.3 is 0 Å². The van der Waals surface area contributed by atoms with Crippen molar-refractivity contribution in [3.63, 3.8) is 0 Å². The lowest BCUT2D eigenvalue weighted by Crippen LogP contribution is -2.23. The normalized spacial score (nSPS) is 11.5. The summed E-state index contributed by atoms with van der Waals surface area (Å²) in [5, 5.41) is 8.97. The standard InChI is InChI=1S/C15H12ClFN4/c16-12-7-10(4-5-13(12)17)9-2-1-3-11(6-9)15(19)14(8-18)21-20/h1-7,21H,19-20H2/b15-14-. The maximum atomic E-state index is 13.2. The molecule has 6 heteroatoms. The van der Waals surface area contributed by atoms with Gasteiger partial charge in [0.2, 0.25) is 0 Å². The van der Waals surface area contributed by atoms with Crippen LogP contribution in [-0.2, 0) is 0 Å². The van der Waals surface area contributed by atoms with Crippen molar-refractivity contribution in [2.45, 2.75) is 0 Å². The summed E-state index contributed by atoms with van der Waals surface area (Å²) in [6.45, 7) is 0. The van der Waals surface area contributed by atoms with Crippen LogP contribution in [0.25, 0.3) is 16.8 Å². The predicted molar refractivity (Wildman–Crippen MR) is 80.9 cm³/mol. The lowest BCUT2D eigenvalue weighted by Gasteiger charge is -2.08. The largest absolute Gasteiger partial charge is 0.396 e. The van der Waals surface area contributed by atoms with Crippen molar-refractivity contribution in [1.29, 1.82) is 5.26 Å². The molecule has 5 N–H and O–H groups in total. The minimum Gasteiger partial charge on any atom is -0.396 e. The van der Waals surface area contributed by atoms with E-state index in [4.69, 9.17) is 28.4 Å². The fourth-order valence-corrected chi connectivity index (χ4v) is 2.04. The zero-order chi connectivity index (χ0) is 15.4. The molecule has 106 valence electrons. The van der Waals surface area contributed by atoms with E-state index in [0.717, 1.165) is 11.1 Å². The van der Waals surface area contributed by atoms with Crippen LogP contribution in [0.15, 0.2) is 48.2 Å². The summed E-state index contributed by atoms with van der Waals surface area (Å²) in [6, 6.07) is 13.5. The lowest BCUT2D eigenvalue weighted by molar-refractivity contribution is 0.628. The molecule has 21 heavy (non-hydrogen) atoms. The summed E-state index contributed by atoms with van der Waals surface area (Å²) >= 11 is 5.78. The molecule has 0 aromatic heterocycles. The third-order valence-electron chi connectivity index (χ3n) is 2.95. The SMILES string of the molecule is N#C/C(NN)=C(/N)c1cccc(-c2ccc(F)c(Cl)c2)c1. The van der Waals surface area contributed by atoms with Crippen LogP contribution in [0.3, 0.4) is 0 Å². The Hall–Kier alpha value is -2.55. The van der Waals surface area contributed by atoms with Crippen molar-refractivity contribution >= 4 is 17.3 Å². The monoisotopic (exact) mass is 302 g/mol. The number of benzene rings is 2. The minimum atomic E-state index is -0.477. The number of nitrogens with one attached hydrogen (secondary N) is 1. The third kappa shape index (κ3) is 3.14. The van der Waals surface area contributed by atoms with Crippen LogP contribution in [0.5, 0.6) is 0 Å². The summed E-state index contributed by atoms with van der Waals surface area (Å²) in [4.78, 5) is 0. The molecule has 0 fully saturated rings. The Labute approximate surface area is 126 Å². The van der Waals surface area contributed by atoms with Gasteiger partial charge in [0.05, 0.1) is 10.7 Å². The molecular formula is C15H12ClFN4. The number of nitrogens with two attached hydrogens (primary N) is 2. The zero-order valence-corrected chi connectivity index (χ0v) is 11.7. The maximum absolute atomic E-state index is 13.2. The molecule has 0 unspecified atom stereocenters. The van der Waals surface area contributed by atoms with Crippen LogP contribution in [0.4, 0.5) is 4.39 Å². The van der Waals surface area contributed by atoms with Crippen molar-refractivity contribution in [3.8, 4) is 17.2 Å². The van der Waals surface area contributed by atoms with Gasteiger partial charge in [0, 0.05) is 5.56 Å². The highest BCUT2D eigenvalue weighted by molar-refractivity contribution is 6.31. The second-order valence-electron chi connectivity index (χ2n) is 4.25. The third-order valence-corrected chi connectivity index (χ3v) is 3.24. The first-order valence-electron chi connectivity index (χ1n) is 5.99. The molecule has 0 atom stereocenters. The first-order chi connectivity index (χ1) is 10.1. The highest BCUT2D eigenvalue weighted by Crippen LogP contribution is 2.26. The van der Waals surface area contributed by atoms with Gasteiger partial charge in [-0.1, -0.05) is 35.9 Å². The highest BCUT2D eigenvalue weighted by atomic mass is 35.5. The van der Waals surface area contributed by atoms with E-state index in [0.29, 0.717) is 5.56 Å². The van der Waals surface area contributed by atoms with Crippen molar-refractivity contribution in [3.05, 3.63) is 64.6 Å². The molecule has 0 aliphatic heterocycles. The van der Waals surface area contributed by atoms with E-state index in [9.17, 15) is 4.39 Å². The second kappa shape index (κ2) is 6.27. The molecule has 0 spiro atoms. The molecule has 0 heterocycles. The molecule has 0 radical (unpaired) electrons. The fourth-order valence-electron chi connectivity index (χ4n) is 1.86. The fraction of sp³-hybridized carbons (Fsp3) is 0. The van der Waals surface area contributed by atoms with Crippen LogP contribution in [-0.4, -0.2) is 0 Å². The van der Waals surface area contributed by atoms with E-state index in [-0.39, 0.29) is 16.4 Å². The molecule has 0 saturated carbocycles. The van der Waals surface area contributed by atoms with Gasteiger partial charge < -0.3 is 11.2 Å². The van der Waals surface area contributed by atoms with E-state index in [1.165, 1.54) is 12.1 Å². The molecule has 0 amide bonds. The van der Waals surface area contributed by atoms with Crippen molar-refractivity contribution in [2.24, 2.45) is 11.6 Å². The van der Waals surface area contributed by atoms with Gasteiger partial charge in [0.15, 0.2) is 5.70 Å². The number of allylic oxidation sites excluding steroid dienone is 1. The van der Waals surface area contributed by atoms with Gasteiger partial charge in [0.25, 0.3) is 0 Å². The number of nitriles is 1. The quantitative estimate of drug-likeness (QED) is 0.462. The second-order valence-corrected chi connectivity index (χ2v) is 4.66. The van der Waals surface area contributed by atoms with Crippen LogP contribution in [0, 0.1) is 17.1 Å². The Morgan fingerprint density at radius 2 is 1.90 bits per heavy atom. The summed E-state index contributed by atoms with van der Waals surface area (Å²) in [6.07, 6.45) is 0. The first kappa shape index (κ1) is 14.9. The average molecular weight is 303 g/mol. The predicted octanol–water partition coefficient (Wildman–Crippen LogP) is 2.76. The van der Waals surface area contributed by atoms with Crippen molar-refractivity contribution in [2.75, 3.05) is 0 Å². The average Bonchev–Trinajstić information content (AvgIpc) is 2.51.